The third kappa shape index (κ3) is 3.60. The normalized spacial score (nSPS) is 14.7. The molecular weight excluding hydrogens is 282 g/mol. The van der Waals surface area contributed by atoms with E-state index in [1.54, 1.807) is 0 Å². The Morgan fingerprint density at radius 2 is 2.38 bits per heavy atom. The number of rotatable bonds is 7. The summed E-state index contributed by atoms with van der Waals surface area (Å²) in [6.07, 6.45) is 4.26. The van der Waals surface area contributed by atoms with Crippen LogP contribution in [0.25, 0.3) is 0 Å². The molecule has 4 nitrogen and oxygen atoms in total. The Hall–Kier alpha value is -1.46. The summed E-state index contributed by atoms with van der Waals surface area (Å²) in [5.41, 5.74) is 3.80. The lowest BCUT2D eigenvalue weighted by Gasteiger charge is -2.16. The summed E-state index contributed by atoms with van der Waals surface area (Å²) in [6, 6.07) is 6.88. The van der Waals surface area contributed by atoms with E-state index in [2.05, 4.69) is 40.0 Å². The van der Waals surface area contributed by atoms with Gasteiger partial charge in [-0.3, -0.25) is 0 Å². The molecule has 0 fully saturated rings. The van der Waals surface area contributed by atoms with Crippen LogP contribution in [0.5, 0.6) is 5.75 Å². The van der Waals surface area contributed by atoms with E-state index >= 15 is 0 Å². The van der Waals surface area contributed by atoms with Crippen molar-refractivity contribution in [2.75, 3.05) is 13.2 Å². The third-order valence-corrected chi connectivity index (χ3v) is 4.37. The second-order valence-corrected chi connectivity index (χ2v) is 6.03. The molecule has 112 valence electrons. The number of hydrogen-bond acceptors (Lipinski definition) is 5. The van der Waals surface area contributed by atoms with Crippen LogP contribution in [0, 0.1) is 0 Å². The van der Waals surface area contributed by atoms with E-state index in [4.69, 9.17) is 4.74 Å². The average Bonchev–Trinajstić information content (AvgIpc) is 3.18. The minimum Gasteiger partial charge on any atom is -0.493 e. The molecule has 0 radical (unpaired) electrons. The van der Waals surface area contributed by atoms with Crippen molar-refractivity contribution in [3.63, 3.8) is 0 Å². The summed E-state index contributed by atoms with van der Waals surface area (Å²) in [5, 5.41) is 9.84. The Kier molecular flexibility index (Phi) is 4.83. The zero-order chi connectivity index (χ0) is 14.5. The Morgan fingerprint density at radius 3 is 3.19 bits per heavy atom. The number of aromatic nitrogens is 2. The molecule has 1 aliphatic rings. The SMILES string of the molecule is CCCNC(CCc1ccc2c(c1)CCO2)c1csnn1. The maximum atomic E-state index is 5.56. The molecule has 0 amide bonds. The van der Waals surface area contributed by atoms with Gasteiger partial charge in [-0.05, 0) is 54.5 Å². The fourth-order valence-electron chi connectivity index (χ4n) is 2.70. The Morgan fingerprint density at radius 1 is 1.43 bits per heavy atom. The molecule has 0 aliphatic carbocycles. The van der Waals surface area contributed by atoms with E-state index < -0.39 is 0 Å². The van der Waals surface area contributed by atoms with Crippen LogP contribution in [0.2, 0.25) is 0 Å². The highest BCUT2D eigenvalue weighted by molar-refractivity contribution is 7.03. The van der Waals surface area contributed by atoms with Crippen molar-refractivity contribution < 1.29 is 4.74 Å². The number of fused-ring (bicyclic) bond motifs is 1. The molecule has 1 aromatic carbocycles. The second-order valence-electron chi connectivity index (χ2n) is 5.42. The molecule has 5 heteroatoms. The quantitative estimate of drug-likeness (QED) is 0.853. The van der Waals surface area contributed by atoms with Gasteiger partial charge in [-0.25, -0.2) is 0 Å². The molecule has 1 aliphatic heterocycles. The van der Waals surface area contributed by atoms with Crippen molar-refractivity contribution in [3.05, 3.63) is 40.4 Å². The summed E-state index contributed by atoms with van der Waals surface area (Å²) in [6.45, 7) is 4.02. The molecule has 0 saturated heterocycles. The monoisotopic (exact) mass is 303 g/mol. The first-order valence-electron chi connectivity index (χ1n) is 7.61. The maximum Gasteiger partial charge on any atom is 0.122 e. The molecule has 3 rings (SSSR count). The van der Waals surface area contributed by atoms with Crippen LogP contribution in [0.3, 0.4) is 0 Å². The highest BCUT2D eigenvalue weighted by atomic mass is 32.1. The molecule has 1 N–H and O–H groups in total. The topological polar surface area (TPSA) is 47.0 Å². The van der Waals surface area contributed by atoms with Crippen LogP contribution in [-0.4, -0.2) is 22.7 Å². The standard InChI is InChI=1S/C16H21N3OS/c1-2-8-17-14(15-11-21-19-18-15)5-3-12-4-6-16-13(10-12)7-9-20-16/h4,6,10-11,14,17H,2-3,5,7-9H2,1H3. The summed E-state index contributed by atoms with van der Waals surface area (Å²) in [4.78, 5) is 0. The van der Waals surface area contributed by atoms with Crippen LogP contribution in [-0.2, 0) is 12.8 Å². The molecule has 21 heavy (non-hydrogen) atoms. The molecule has 2 aromatic rings. The Labute approximate surface area is 129 Å². The summed E-state index contributed by atoms with van der Waals surface area (Å²) >= 11 is 1.42. The van der Waals surface area contributed by atoms with Gasteiger partial charge in [-0.15, -0.1) is 5.10 Å². The van der Waals surface area contributed by atoms with Gasteiger partial charge in [0.05, 0.1) is 18.3 Å². The van der Waals surface area contributed by atoms with E-state index in [0.717, 1.165) is 50.3 Å². The van der Waals surface area contributed by atoms with E-state index in [9.17, 15) is 0 Å². The van der Waals surface area contributed by atoms with Gasteiger partial charge in [-0.1, -0.05) is 23.5 Å². The van der Waals surface area contributed by atoms with Gasteiger partial charge < -0.3 is 10.1 Å². The lowest BCUT2D eigenvalue weighted by molar-refractivity contribution is 0.357. The lowest BCUT2D eigenvalue weighted by atomic mass is 10.0. The molecule has 0 spiro atoms. The highest BCUT2D eigenvalue weighted by Crippen LogP contribution is 2.27. The predicted octanol–water partition coefficient (Wildman–Crippen LogP) is 3.15. The van der Waals surface area contributed by atoms with E-state index in [-0.39, 0.29) is 0 Å². The van der Waals surface area contributed by atoms with Crippen molar-refractivity contribution in [2.24, 2.45) is 0 Å². The van der Waals surface area contributed by atoms with Gasteiger partial charge >= 0.3 is 0 Å². The molecular formula is C16H21N3OS. The molecule has 2 heterocycles. The number of hydrogen-bond donors (Lipinski definition) is 1. The third-order valence-electron chi connectivity index (χ3n) is 3.85. The largest absolute Gasteiger partial charge is 0.493 e. The first kappa shape index (κ1) is 14.5. The average molecular weight is 303 g/mol. The minimum atomic E-state index is 0.299. The van der Waals surface area contributed by atoms with Crippen molar-refractivity contribution in [1.29, 1.82) is 0 Å². The number of benzene rings is 1. The summed E-state index contributed by atoms with van der Waals surface area (Å²) in [7, 11) is 0. The predicted molar refractivity (Wildman–Crippen MR) is 84.9 cm³/mol. The van der Waals surface area contributed by atoms with Crippen LogP contribution in [0.1, 0.15) is 42.6 Å². The van der Waals surface area contributed by atoms with E-state index in [1.165, 1.54) is 22.7 Å². The second kappa shape index (κ2) is 7.00. The Bertz CT molecular complexity index is 571. The molecule has 1 atom stereocenters. The van der Waals surface area contributed by atoms with Crippen LogP contribution >= 0.6 is 11.5 Å². The molecule has 0 bridgehead atoms. The molecule has 1 unspecified atom stereocenters. The van der Waals surface area contributed by atoms with Gasteiger partial charge in [-0.2, -0.15) is 0 Å². The van der Waals surface area contributed by atoms with Gasteiger partial charge in [0.15, 0.2) is 0 Å². The number of nitrogens with one attached hydrogen (secondary N) is 1. The van der Waals surface area contributed by atoms with Gasteiger partial charge in [0.2, 0.25) is 0 Å². The zero-order valence-electron chi connectivity index (χ0n) is 12.3. The smallest absolute Gasteiger partial charge is 0.122 e. The fraction of sp³-hybridized carbons (Fsp3) is 0.500. The number of ether oxygens (including phenoxy) is 1. The maximum absolute atomic E-state index is 5.56. The van der Waals surface area contributed by atoms with Gasteiger partial charge in [0.1, 0.15) is 5.75 Å². The first-order chi connectivity index (χ1) is 10.4. The fourth-order valence-corrected chi connectivity index (χ4v) is 3.21. The van der Waals surface area contributed by atoms with Gasteiger partial charge in [0.25, 0.3) is 0 Å². The van der Waals surface area contributed by atoms with Crippen molar-refractivity contribution in [2.45, 2.75) is 38.6 Å². The minimum absolute atomic E-state index is 0.299. The Balaban J connectivity index is 1.63. The van der Waals surface area contributed by atoms with Crippen molar-refractivity contribution >= 4 is 11.5 Å². The van der Waals surface area contributed by atoms with E-state index in [0.29, 0.717) is 6.04 Å². The van der Waals surface area contributed by atoms with Crippen molar-refractivity contribution in [1.82, 2.24) is 14.9 Å². The lowest BCUT2D eigenvalue weighted by Crippen LogP contribution is -2.23. The summed E-state index contributed by atoms with van der Waals surface area (Å²) < 4.78 is 9.55. The molecule has 0 saturated carbocycles. The summed E-state index contributed by atoms with van der Waals surface area (Å²) in [5.74, 6) is 1.06. The van der Waals surface area contributed by atoms with Crippen LogP contribution in [0.4, 0.5) is 0 Å². The van der Waals surface area contributed by atoms with Gasteiger partial charge in [0, 0.05) is 11.8 Å². The number of nitrogens with zero attached hydrogens (tertiary/aromatic N) is 2. The zero-order valence-corrected chi connectivity index (χ0v) is 13.2. The van der Waals surface area contributed by atoms with Crippen LogP contribution < -0.4 is 10.1 Å². The van der Waals surface area contributed by atoms with Crippen LogP contribution in [0.15, 0.2) is 23.6 Å². The highest BCUT2D eigenvalue weighted by Gasteiger charge is 2.15. The first-order valence-corrected chi connectivity index (χ1v) is 8.45. The molecule has 1 aromatic heterocycles. The number of aryl methyl sites for hydroxylation is 1. The van der Waals surface area contributed by atoms with Crippen molar-refractivity contribution in [3.8, 4) is 5.75 Å². The van der Waals surface area contributed by atoms with E-state index in [1.807, 2.05) is 5.38 Å².